The van der Waals surface area contributed by atoms with E-state index >= 15 is 0 Å². The average Bonchev–Trinajstić information content (AvgIpc) is 2.60. The van der Waals surface area contributed by atoms with Gasteiger partial charge in [0.25, 0.3) is 5.91 Å². The Morgan fingerprint density at radius 3 is 2.44 bits per heavy atom. The molecule has 0 radical (unpaired) electrons. The van der Waals surface area contributed by atoms with Crippen LogP contribution in [-0.4, -0.2) is 28.0 Å². The lowest BCUT2D eigenvalue weighted by molar-refractivity contribution is 0.0950. The number of halogens is 1. The van der Waals surface area contributed by atoms with E-state index in [1.807, 2.05) is 0 Å². The summed E-state index contributed by atoms with van der Waals surface area (Å²) in [5.41, 5.74) is 0.906. The van der Waals surface area contributed by atoms with Crippen LogP contribution in [0.5, 0.6) is 5.75 Å². The predicted octanol–water partition coefficient (Wildman–Crippen LogP) is 2.06. The van der Waals surface area contributed by atoms with Gasteiger partial charge in [-0.1, -0.05) is 19.1 Å². The maximum Gasteiger partial charge on any atom is 0.251 e. The maximum absolute atomic E-state index is 12.9. The molecule has 0 unspecified atom stereocenters. The molecule has 2 aromatic rings. The number of methoxy groups -OCH3 is 1. The van der Waals surface area contributed by atoms with Gasteiger partial charge < -0.3 is 10.1 Å². The number of nitrogens with one attached hydrogen (secondary N) is 2. The SMILES string of the molecule is CCNS(=O)(=O)c1cc(C(=O)NCc2ccc(F)cc2)ccc1OC. The number of amides is 1. The van der Waals surface area contributed by atoms with Crippen LogP contribution in [0.2, 0.25) is 0 Å². The van der Waals surface area contributed by atoms with E-state index < -0.39 is 15.9 Å². The normalized spacial score (nSPS) is 11.2. The van der Waals surface area contributed by atoms with Gasteiger partial charge in [-0.3, -0.25) is 4.79 Å². The number of carbonyl (C=O) groups is 1. The van der Waals surface area contributed by atoms with Gasteiger partial charge in [-0.15, -0.1) is 0 Å². The van der Waals surface area contributed by atoms with Crippen LogP contribution in [0.4, 0.5) is 4.39 Å². The van der Waals surface area contributed by atoms with Crippen molar-refractivity contribution in [1.82, 2.24) is 10.0 Å². The lowest BCUT2D eigenvalue weighted by atomic mass is 10.2. The molecule has 0 bridgehead atoms. The van der Waals surface area contributed by atoms with Crippen LogP contribution < -0.4 is 14.8 Å². The Balaban J connectivity index is 2.21. The van der Waals surface area contributed by atoms with Gasteiger partial charge in [0.2, 0.25) is 10.0 Å². The summed E-state index contributed by atoms with van der Waals surface area (Å²) in [6, 6.07) is 9.89. The maximum atomic E-state index is 12.9. The summed E-state index contributed by atoms with van der Waals surface area (Å²) in [4.78, 5) is 12.2. The third-order valence-electron chi connectivity index (χ3n) is 3.42. The molecule has 0 aliphatic heterocycles. The number of sulfonamides is 1. The van der Waals surface area contributed by atoms with Crippen molar-refractivity contribution in [2.24, 2.45) is 0 Å². The van der Waals surface area contributed by atoms with E-state index in [1.54, 1.807) is 19.1 Å². The second-order valence-electron chi connectivity index (χ2n) is 5.18. The highest BCUT2D eigenvalue weighted by atomic mass is 32.2. The Bertz CT molecular complexity index is 851. The highest BCUT2D eigenvalue weighted by Gasteiger charge is 2.20. The molecule has 1 amide bonds. The molecule has 8 heteroatoms. The van der Waals surface area contributed by atoms with Crippen molar-refractivity contribution in [1.29, 1.82) is 0 Å². The first-order valence-corrected chi connectivity index (χ1v) is 9.06. The summed E-state index contributed by atoms with van der Waals surface area (Å²) in [5, 5.41) is 2.67. The molecule has 0 aliphatic rings. The molecule has 0 saturated heterocycles. The van der Waals surface area contributed by atoms with Gasteiger partial charge in [-0.2, -0.15) is 0 Å². The van der Waals surface area contributed by atoms with Gasteiger partial charge in [0.15, 0.2) is 0 Å². The second kappa shape index (κ2) is 8.09. The van der Waals surface area contributed by atoms with E-state index in [2.05, 4.69) is 10.0 Å². The fraction of sp³-hybridized carbons (Fsp3) is 0.235. The molecule has 6 nitrogen and oxygen atoms in total. The Hall–Kier alpha value is -2.45. The molecule has 0 heterocycles. The minimum absolute atomic E-state index is 0.105. The topological polar surface area (TPSA) is 84.5 Å². The van der Waals surface area contributed by atoms with Crippen molar-refractivity contribution in [3.63, 3.8) is 0 Å². The predicted molar refractivity (Wildman–Crippen MR) is 91.4 cm³/mol. The van der Waals surface area contributed by atoms with Crippen LogP contribution in [-0.2, 0) is 16.6 Å². The number of hydrogen-bond donors (Lipinski definition) is 2. The van der Waals surface area contributed by atoms with Crippen molar-refractivity contribution in [3.8, 4) is 5.75 Å². The van der Waals surface area contributed by atoms with Crippen LogP contribution in [0.15, 0.2) is 47.4 Å². The summed E-state index contributed by atoms with van der Waals surface area (Å²) >= 11 is 0. The minimum atomic E-state index is -3.78. The summed E-state index contributed by atoms with van der Waals surface area (Å²) < 4.78 is 44.8. The molecule has 0 fully saturated rings. The van der Waals surface area contributed by atoms with Crippen LogP contribution in [0.25, 0.3) is 0 Å². The van der Waals surface area contributed by atoms with E-state index in [0.717, 1.165) is 5.56 Å². The zero-order valence-corrected chi connectivity index (χ0v) is 14.7. The molecule has 2 N–H and O–H groups in total. The van der Waals surface area contributed by atoms with Gasteiger partial charge in [0, 0.05) is 18.7 Å². The first-order valence-electron chi connectivity index (χ1n) is 7.57. The minimum Gasteiger partial charge on any atom is -0.495 e. The van der Waals surface area contributed by atoms with Crippen molar-refractivity contribution < 1.29 is 22.3 Å². The lowest BCUT2D eigenvalue weighted by Gasteiger charge is -2.12. The van der Waals surface area contributed by atoms with Crippen molar-refractivity contribution in [2.45, 2.75) is 18.4 Å². The fourth-order valence-corrected chi connectivity index (χ4v) is 3.42. The number of ether oxygens (including phenoxy) is 1. The summed E-state index contributed by atoms with van der Waals surface area (Å²) in [7, 11) is -2.42. The average molecular weight is 366 g/mol. The van der Waals surface area contributed by atoms with Gasteiger partial charge in [-0.25, -0.2) is 17.5 Å². The Morgan fingerprint density at radius 1 is 1.16 bits per heavy atom. The summed E-state index contributed by atoms with van der Waals surface area (Å²) in [6.07, 6.45) is 0. The van der Waals surface area contributed by atoms with Crippen molar-refractivity contribution >= 4 is 15.9 Å². The van der Waals surface area contributed by atoms with Crippen molar-refractivity contribution in [3.05, 3.63) is 59.4 Å². The smallest absolute Gasteiger partial charge is 0.251 e. The quantitative estimate of drug-likeness (QED) is 0.786. The third-order valence-corrected chi connectivity index (χ3v) is 4.98. The van der Waals surface area contributed by atoms with Gasteiger partial charge in [0.05, 0.1) is 7.11 Å². The van der Waals surface area contributed by atoms with Gasteiger partial charge in [-0.05, 0) is 35.9 Å². The van der Waals surface area contributed by atoms with Gasteiger partial charge in [0.1, 0.15) is 16.5 Å². The molecule has 0 spiro atoms. The Kier molecular flexibility index (Phi) is 6.11. The first-order chi connectivity index (χ1) is 11.9. The van der Waals surface area contributed by atoms with E-state index in [4.69, 9.17) is 4.74 Å². The molecule has 2 rings (SSSR count). The van der Waals surface area contributed by atoms with E-state index in [-0.39, 0.29) is 35.1 Å². The van der Waals surface area contributed by atoms with Crippen LogP contribution in [0.1, 0.15) is 22.8 Å². The standard InChI is InChI=1S/C17H19FN2O4S/c1-3-20-25(22,23)16-10-13(6-9-15(16)24-2)17(21)19-11-12-4-7-14(18)8-5-12/h4-10,20H,3,11H2,1-2H3,(H,19,21). The molecule has 0 atom stereocenters. The molecular formula is C17H19FN2O4S. The molecule has 2 aromatic carbocycles. The molecular weight excluding hydrogens is 347 g/mol. The summed E-state index contributed by atoms with van der Waals surface area (Å²) in [5.74, 6) is -0.653. The lowest BCUT2D eigenvalue weighted by Crippen LogP contribution is -2.26. The van der Waals surface area contributed by atoms with E-state index in [9.17, 15) is 17.6 Å². The second-order valence-corrected chi connectivity index (χ2v) is 6.91. The number of benzene rings is 2. The Labute approximate surface area is 146 Å². The number of carbonyl (C=O) groups excluding carboxylic acids is 1. The molecule has 0 aliphatic carbocycles. The van der Waals surface area contributed by atoms with Crippen LogP contribution in [0.3, 0.4) is 0 Å². The highest BCUT2D eigenvalue weighted by molar-refractivity contribution is 7.89. The van der Waals surface area contributed by atoms with E-state index in [0.29, 0.717) is 0 Å². The van der Waals surface area contributed by atoms with Crippen LogP contribution in [0, 0.1) is 5.82 Å². The molecule has 134 valence electrons. The van der Waals surface area contributed by atoms with Crippen LogP contribution >= 0.6 is 0 Å². The van der Waals surface area contributed by atoms with E-state index in [1.165, 1.54) is 37.4 Å². The fourth-order valence-electron chi connectivity index (χ4n) is 2.18. The highest BCUT2D eigenvalue weighted by Crippen LogP contribution is 2.24. The number of hydrogen-bond acceptors (Lipinski definition) is 4. The Morgan fingerprint density at radius 2 is 1.84 bits per heavy atom. The van der Waals surface area contributed by atoms with Gasteiger partial charge >= 0.3 is 0 Å². The van der Waals surface area contributed by atoms with Crippen molar-refractivity contribution in [2.75, 3.05) is 13.7 Å². The largest absolute Gasteiger partial charge is 0.495 e. The zero-order chi connectivity index (χ0) is 18.4. The molecule has 0 saturated carbocycles. The summed E-state index contributed by atoms with van der Waals surface area (Å²) in [6.45, 7) is 2.07. The molecule has 0 aromatic heterocycles. The monoisotopic (exact) mass is 366 g/mol. The third kappa shape index (κ3) is 4.77. The molecule has 25 heavy (non-hydrogen) atoms. The first kappa shape index (κ1) is 18.9. The zero-order valence-electron chi connectivity index (χ0n) is 13.9. The number of rotatable bonds is 7.